The number of carbonyl (C=O) groups excluding carboxylic acids is 2. The standard InChI is InChI=1S/C24H34N2O5/c1-5-31-23(28)21-18(24(2,3)4)20(26(29)30)19(16-12-8-6-9-13-16)25(21)22(27)17-14-10-7-11-15-17/h6,8-9,12-13,17-21H,5,7,10-11,14-15H2,1-4H3. The number of nitro groups is 1. The molecule has 1 aromatic rings. The van der Waals surface area contributed by atoms with Crippen molar-refractivity contribution < 1.29 is 19.2 Å². The Morgan fingerprint density at radius 1 is 1.13 bits per heavy atom. The average Bonchev–Trinajstić information content (AvgIpc) is 3.12. The third-order valence-electron chi connectivity index (χ3n) is 6.75. The largest absolute Gasteiger partial charge is 0.464 e. The van der Waals surface area contributed by atoms with Crippen molar-refractivity contribution in [3.63, 3.8) is 0 Å². The van der Waals surface area contributed by atoms with E-state index in [2.05, 4.69) is 0 Å². The van der Waals surface area contributed by atoms with Gasteiger partial charge in [0.25, 0.3) is 0 Å². The van der Waals surface area contributed by atoms with Gasteiger partial charge in [0.1, 0.15) is 12.1 Å². The molecule has 0 N–H and O–H groups in total. The first kappa shape index (κ1) is 23.2. The minimum Gasteiger partial charge on any atom is -0.464 e. The first-order valence-electron chi connectivity index (χ1n) is 11.4. The molecule has 1 aliphatic carbocycles. The van der Waals surface area contributed by atoms with Crippen molar-refractivity contribution in [1.29, 1.82) is 0 Å². The number of nitrogens with zero attached hydrogens (tertiary/aromatic N) is 2. The fraction of sp³-hybridized carbons (Fsp3) is 0.667. The zero-order valence-corrected chi connectivity index (χ0v) is 19.0. The van der Waals surface area contributed by atoms with Crippen LogP contribution in [-0.2, 0) is 14.3 Å². The molecule has 4 atom stereocenters. The van der Waals surface area contributed by atoms with Gasteiger partial charge in [-0.25, -0.2) is 4.79 Å². The van der Waals surface area contributed by atoms with Crippen molar-refractivity contribution in [2.75, 3.05) is 6.61 Å². The zero-order chi connectivity index (χ0) is 22.8. The lowest BCUT2D eigenvalue weighted by atomic mass is 9.73. The van der Waals surface area contributed by atoms with E-state index in [-0.39, 0.29) is 23.4 Å². The summed E-state index contributed by atoms with van der Waals surface area (Å²) in [4.78, 5) is 40.7. The number of esters is 1. The molecule has 0 aromatic heterocycles. The average molecular weight is 431 g/mol. The Morgan fingerprint density at radius 2 is 1.74 bits per heavy atom. The highest BCUT2D eigenvalue weighted by molar-refractivity contribution is 5.87. The molecule has 7 nitrogen and oxygen atoms in total. The molecule has 0 spiro atoms. The fourth-order valence-electron chi connectivity index (χ4n) is 5.46. The van der Waals surface area contributed by atoms with Crippen LogP contribution in [0.25, 0.3) is 0 Å². The highest BCUT2D eigenvalue weighted by Gasteiger charge is 2.64. The number of hydrogen-bond acceptors (Lipinski definition) is 5. The summed E-state index contributed by atoms with van der Waals surface area (Å²) in [5.41, 5.74) is 0.110. The number of likely N-dealkylation sites (tertiary alicyclic amines) is 1. The maximum atomic E-state index is 13.8. The monoisotopic (exact) mass is 430 g/mol. The lowest BCUT2D eigenvalue weighted by molar-refractivity contribution is -0.536. The summed E-state index contributed by atoms with van der Waals surface area (Å²) < 4.78 is 5.38. The molecule has 3 rings (SSSR count). The lowest BCUT2D eigenvalue weighted by Crippen LogP contribution is -2.49. The first-order chi connectivity index (χ1) is 14.7. The lowest BCUT2D eigenvalue weighted by Gasteiger charge is -2.35. The summed E-state index contributed by atoms with van der Waals surface area (Å²) in [6.45, 7) is 7.58. The maximum absolute atomic E-state index is 13.8. The van der Waals surface area contributed by atoms with Crippen molar-refractivity contribution in [2.24, 2.45) is 17.3 Å². The molecule has 31 heavy (non-hydrogen) atoms. The molecule has 2 aliphatic rings. The summed E-state index contributed by atoms with van der Waals surface area (Å²) in [5, 5.41) is 12.4. The number of benzene rings is 1. The molecule has 7 heteroatoms. The Kier molecular flexibility index (Phi) is 7.02. The molecule has 2 fully saturated rings. The van der Waals surface area contributed by atoms with Crippen LogP contribution in [0, 0.1) is 27.4 Å². The molecule has 1 aromatic carbocycles. The Labute approximate surface area is 184 Å². The van der Waals surface area contributed by atoms with Crippen molar-refractivity contribution in [1.82, 2.24) is 4.90 Å². The molecular formula is C24H34N2O5. The van der Waals surface area contributed by atoms with E-state index < -0.39 is 35.4 Å². The van der Waals surface area contributed by atoms with Crippen LogP contribution in [0.15, 0.2) is 30.3 Å². The minimum absolute atomic E-state index is 0.148. The molecule has 1 heterocycles. The van der Waals surface area contributed by atoms with Crippen LogP contribution >= 0.6 is 0 Å². The van der Waals surface area contributed by atoms with Crippen molar-refractivity contribution in [2.45, 2.75) is 77.9 Å². The van der Waals surface area contributed by atoms with E-state index in [4.69, 9.17) is 4.74 Å². The van der Waals surface area contributed by atoms with Gasteiger partial charge in [-0.05, 0) is 30.7 Å². The van der Waals surface area contributed by atoms with E-state index >= 15 is 0 Å². The maximum Gasteiger partial charge on any atom is 0.329 e. The zero-order valence-electron chi connectivity index (χ0n) is 19.0. The smallest absolute Gasteiger partial charge is 0.329 e. The van der Waals surface area contributed by atoms with E-state index in [1.54, 1.807) is 6.92 Å². The molecule has 1 saturated carbocycles. The summed E-state index contributed by atoms with van der Waals surface area (Å²) in [6, 6.07) is 6.24. The van der Waals surface area contributed by atoms with Gasteiger partial charge >= 0.3 is 5.97 Å². The predicted molar refractivity (Wildman–Crippen MR) is 117 cm³/mol. The van der Waals surface area contributed by atoms with E-state index in [1.807, 2.05) is 51.1 Å². The van der Waals surface area contributed by atoms with Crippen molar-refractivity contribution in [3.05, 3.63) is 46.0 Å². The SMILES string of the molecule is CCOC(=O)C1C(C(C)(C)C)C([N+](=O)[O-])C(c2ccccc2)N1C(=O)C1CCCCC1. The quantitative estimate of drug-likeness (QED) is 0.393. The second kappa shape index (κ2) is 9.37. The van der Waals surface area contributed by atoms with Gasteiger partial charge in [0.2, 0.25) is 11.9 Å². The number of amides is 1. The first-order valence-corrected chi connectivity index (χ1v) is 11.4. The summed E-state index contributed by atoms with van der Waals surface area (Å²) in [6.07, 6.45) is 4.54. The van der Waals surface area contributed by atoms with Crippen LogP contribution in [0.5, 0.6) is 0 Å². The van der Waals surface area contributed by atoms with Crippen molar-refractivity contribution in [3.8, 4) is 0 Å². The fourth-order valence-corrected chi connectivity index (χ4v) is 5.46. The molecule has 1 amide bonds. The van der Waals surface area contributed by atoms with Crippen LogP contribution in [0.2, 0.25) is 0 Å². The summed E-state index contributed by atoms with van der Waals surface area (Å²) in [7, 11) is 0. The van der Waals surface area contributed by atoms with Gasteiger partial charge < -0.3 is 9.64 Å². The highest BCUT2D eigenvalue weighted by Crippen LogP contribution is 2.50. The van der Waals surface area contributed by atoms with E-state index in [9.17, 15) is 19.7 Å². The van der Waals surface area contributed by atoms with Crippen LogP contribution in [0.4, 0.5) is 0 Å². The van der Waals surface area contributed by atoms with Crippen LogP contribution in [0.1, 0.15) is 71.4 Å². The second-order valence-corrected chi connectivity index (χ2v) is 9.80. The van der Waals surface area contributed by atoms with Crippen LogP contribution < -0.4 is 0 Å². The van der Waals surface area contributed by atoms with Gasteiger partial charge in [-0.15, -0.1) is 0 Å². The number of rotatable bonds is 5. The topological polar surface area (TPSA) is 89.8 Å². The van der Waals surface area contributed by atoms with Crippen LogP contribution in [0.3, 0.4) is 0 Å². The summed E-state index contributed by atoms with van der Waals surface area (Å²) >= 11 is 0. The number of hydrogen-bond donors (Lipinski definition) is 0. The summed E-state index contributed by atoms with van der Waals surface area (Å²) in [5.74, 6) is -1.57. The van der Waals surface area contributed by atoms with Gasteiger partial charge in [-0.1, -0.05) is 70.4 Å². The van der Waals surface area contributed by atoms with E-state index in [1.165, 1.54) is 4.90 Å². The minimum atomic E-state index is -1.09. The highest BCUT2D eigenvalue weighted by atomic mass is 16.6. The molecule has 170 valence electrons. The van der Waals surface area contributed by atoms with Gasteiger partial charge in [0.05, 0.1) is 12.5 Å². The Bertz CT molecular complexity index is 798. The molecule has 0 radical (unpaired) electrons. The Morgan fingerprint density at radius 3 is 2.26 bits per heavy atom. The normalized spacial score (nSPS) is 27.2. The second-order valence-electron chi connectivity index (χ2n) is 9.80. The van der Waals surface area contributed by atoms with Gasteiger partial charge in [0.15, 0.2) is 0 Å². The predicted octanol–water partition coefficient (Wildman–Crippen LogP) is 4.39. The Balaban J connectivity index is 2.18. The van der Waals surface area contributed by atoms with Gasteiger partial charge in [0, 0.05) is 10.8 Å². The van der Waals surface area contributed by atoms with Gasteiger partial charge in [-0.3, -0.25) is 14.9 Å². The molecule has 4 unspecified atom stereocenters. The van der Waals surface area contributed by atoms with E-state index in [0.717, 1.165) is 32.1 Å². The van der Waals surface area contributed by atoms with Crippen LogP contribution in [-0.4, -0.2) is 40.4 Å². The molecule has 0 bridgehead atoms. The number of carbonyl (C=O) groups is 2. The van der Waals surface area contributed by atoms with E-state index in [0.29, 0.717) is 5.56 Å². The molecular weight excluding hydrogens is 396 g/mol. The number of ether oxygens (including phenoxy) is 1. The van der Waals surface area contributed by atoms with Gasteiger partial charge in [-0.2, -0.15) is 0 Å². The third kappa shape index (κ3) is 4.60. The molecule has 1 aliphatic heterocycles. The Hall–Kier alpha value is -2.44. The van der Waals surface area contributed by atoms with Crippen molar-refractivity contribution >= 4 is 11.9 Å². The third-order valence-corrected chi connectivity index (χ3v) is 6.75. The molecule has 1 saturated heterocycles.